The van der Waals surface area contributed by atoms with Gasteiger partial charge in [-0.15, -0.1) is 0 Å². The molecule has 152 valence electrons. The minimum Gasteiger partial charge on any atom is -0.508 e. The van der Waals surface area contributed by atoms with Crippen LogP contribution in [-0.4, -0.2) is 5.11 Å². The highest BCUT2D eigenvalue weighted by molar-refractivity contribution is 5.86. The van der Waals surface area contributed by atoms with Gasteiger partial charge in [-0.2, -0.15) is 0 Å². The predicted molar refractivity (Wildman–Crippen MR) is 126 cm³/mol. The van der Waals surface area contributed by atoms with Crippen LogP contribution in [0.5, 0.6) is 5.75 Å². The summed E-state index contributed by atoms with van der Waals surface area (Å²) in [6.45, 7) is 5.03. The van der Waals surface area contributed by atoms with E-state index in [0.717, 1.165) is 17.8 Å². The third-order valence-electron chi connectivity index (χ3n) is 5.68. The Morgan fingerprint density at radius 1 is 0.700 bits per heavy atom. The topological polar surface area (TPSA) is 44.3 Å². The third-order valence-corrected chi connectivity index (χ3v) is 5.68. The van der Waals surface area contributed by atoms with E-state index in [1.165, 1.54) is 21.9 Å². The summed E-state index contributed by atoms with van der Waals surface area (Å²) in [4.78, 5) is 0. The quantitative estimate of drug-likeness (QED) is 0.331. The van der Waals surface area contributed by atoms with Crippen LogP contribution in [0.1, 0.15) is 42.6 Å². The second-order valence-electron chi connectivity index (χ2n) is 7.75. The van der Waals surface area contributed by atoms with Crippen molar-refractivity contribution in [1.29, 1.82) is 0 Å². The molecule has 2 atom stereocenters. The zero-order chi connectivity index (χ0) is 20.9. The van der Waals surface area contributed by atoms with Crippen LogP contribution in [0.2, 0.25) is 0 Å². The van der Waals surface area contributed by atoms with E-state index in [1.54, 1.807) is 6.07 Å². The molecule has 0 aliphatic carbocycles. The summed E-state index contributed by atoms with van der Waals surface area (Å²) in [7, 11) is 0. The van der Waals surface area contributed by atoms with E-state index in [9.17, 15) is 5.11 Å². The summed E-state index contributed by atoms with van der Waals surface area (Å²) >= 11 is 0. The lowest BCUT2D eigenvalue weighted by atomic mass is 9.99. The number of nitrogens with one attached hydrogen (secondary N) is 2. The van der Waals surface area contributed by atoms with Gasteiger partial charge in [0.15, 0.2) is 0 Å². The van der Waals surface area contributed by atoms with Crippen molar-refractivity contribution in [3.63, 3.8) is 0 Å². The molecule has 0 saturated heterocycles. The molecule has 0 spiro atoms. The number of rotatable bonds is 7. The molecule has 0 fully saturated rings. The number of phenols is 1. The molecule has 3 N–H and O–H groups in total. The average molecular weight is 397 g/mol. The molecule has 0 aliphatic heterocycles. The maximum Gasteiger partial charge on any atom is 0.120 e. The largest absolute Gasteiger partial charge is 0.508 e. The molecule has 0 bridgehead atoms. The van der Waals surface area contributed by atoms with Gasteiger partial charge >= 0.3 is 0 Å². The van der Waals surface area contributed by atoms with Crippen LogP contribution in [0.4, 0.5) is 5.69 Å². The zero-order valence-electron chi connectivity index (χ0n) is 17.5. The van der Waals surface area contributed by atoms with E-state index >= 15 is 0 Å². The average Bonchev–Trinajstić information content (AvgIpc) is 2.78. The summed E-state index contributed by atoms with van der Waals surface area (Å²) in [6.07, 6.45) is 0. The Kier molecular flexibility index (Phi) is 6.01. The number of para-hydroxylation sites is 2. The van der Waals surface area contributed by atoms with Crippen molar-refractivity contribution in [3.8, 4) is 5.75 Å². The van der Waals surface area contributed by atoms with Gasteiger partial charge < -0.3 is 15.7 Å². The van der Waals surface area contributed by atoms with E-state index in [-0.39, 0.29) is 12.1 Å². The fraction of sp³-hybridized carbons (Fsp3) is 0.185. The lowest BCUT2D eigenvalue weighted by Gasteiger charge is -2.21. The second-order valence-corrected chi connectivity index (χ2v) is 7.75. The fourth-order valence-corrected chi connectivity index (χ4v) is 3.98. The first kappa shape index (κ1) is 20.0. The maximum absolute atomic E-state index is 10.2. The molecule has 4 aromatic carbocycles. The Bertz CT molecular complexity index is 1130. The number of aromatic hydroxyl groups is 1. The second kappa shape index (κ2) is 9.02. The van der Waals surface area contributed by atoms with Gasteiger partial charge in [0.2, 0.25) is 0 Å². The Balaban J connectivity index is 1.50. The van der Waals surface area contributed by atoms with Crippen molar-refractivity contribution in [2.75, 3.05) is 5.32 Å². The van der Waals surface area contributed by atoms with Crippen LogP contribution in [0.15, 0.2) is 91.0 Å². The summed E-state index contributed by atoms with van der Waals surface area (Å²) in [5, 5.41) is 20.0. The predicted octanol–water partition coefficient (Wildman–Crippen LogP) is 6.57. The van der Waals surface area contributed by atoms with Gasteiger partial charge in [-0.25, -0.2) is 0 Å². The van der Waals surface area contributed by atoms with Gasteiger partial charge in [0, 0.05) is 23.8 Å². The Labute approximate surface area is 178 Å². The first-order valence-corrected chi connectivity index (χ1v) is 10.5. The molecule has 0 saturated carbocycles. The molecule has 4 rings (SSSR count). The molecule has 3 heteroatoms. The molecule has 3 nitrogen and oxygen atoms in total. The minimum atomic E-state index is 0.00263. The van der Waals surface area contributed by atoms with E-state index in [1.807, 2.05) is 24.3 Å². The number of hydrogen-bond acceptors (Lipinski definition) is 3. The SMILES string of the molecule is C[C@H](Nc1ccccc1CN[C@@H](C)c1cccc2ccccc12)c1ccccc1O. The van der Waals surface area contributed by atoms with Crippen molar-refractivity contribution >= 4 is 16.5 Å². The molecule has 30 heavy (non-hydrogen) atoms. The highest BCUT2D eigenvalue weighted by Gasteiger charge is 2.13. The van der Waals surface area contributed by atoms with Crippen molar-refractivity contribution in [1.82, 2.24) is 5.32 Å². The third kappa shape index (κ3) is 4.32. The summed E-state index contributed by atoms with van der Waals surface area (Å²) < 4.78 is 0. The van der Waals surface area contributed by atoms with E-state index in [4.69, 9.17) is 0 Å². The smallest absolute Gasteiger partial charge is 0.120 e. The molecule has 0 aliphatic rings. The van der Waals surface area contributed by atoms with Crippen LogP contribution in [-0.2, 0) is 6.54 Å². The zero-order valence-corrected chi connectivity index (χ0v) is 17.5. The number of fused-ring (bicyclic) bond motifs is 1. The van der Waals surface area contributed by atoms with Gasteiger partial charge in [0.1, 0.15) is 5.75 Å². The van der Waals surface area contributed by atoms with Crippen LogP contribution < -0.4 is 10.6 Å². The van der Waals surface area contributed by atoms with Crippen molar-refractivity contribution < 1.29 is 5.11 Å². The number of anilines is 1. The highest BCUT2D eigenvalue weighted by atomic mass is 16.3. The van der Waals surface area contributed by atoms with E-state index in [0.29, 0.717) is 5.75 Å². The lowest BCUT2D eigenvalue weighted by Crippen LogP contribution is -2.19. The normalized spacial score (nSPS) is 13.1. The molecule has 4 aromatic rings. The summed E-state index contributed by atoms with van der Waals surface area (Å²) in [6, 6.07) is 31.0. The van der Waals surface area contributed by atoms with Crippen LogP contribution in [0, 0.1) is 0 Å². The van der Waals surface area contributed by atoms with E-state index in [2.05, 4.69) is 85.1 Å². The standard InChI is InChI=1S/C27H28N2O/c1-19(23-15-9-12-21-10-3-5-14-25(21)23)28-18-22-11-4-7-16-26(22)29-20(2)24-13-6-8-17-27(24)30/h3-17,19-20,28-30H,18H2,1-2H3/t19-,20-/m0/s1. The Morgan fingerprint density at radius 3 is 2.23 bits per heavy atom. The van der Waals surface area contributed by atoms with Crippen LogP contribution in [0.3, 0.4) is 0 Å². The maximum atomic E-state index is 10.2. The molecule has 0 unspecified atom stereocenters. The lowest BCUT2D eigenvalue weighted by molar-refractivity contribution is 0.465. The summed E-state index contributed by atoms with van der Waals surface area (Å²) in [5.41, 5.74) is 4.48. The van der Waals surface area contributed by atoms with Crippen molar-refractivity contribution in [2.24, 2.45) is 0 Å². The van der Waals surface area contributed by atoms with Gasteiger partial charge in [-0.3, -0.25) is 0 Å². The molecule has 0 amide bonds. The van der Waals surface area contributed by atoms with Gasteiger partial charge in [0.05, 0.1) is 6.04 Å². The molecule has 0 radical (unpaired) electrons. The fourth-order valence-electron chi connectivity index (χ4n) is 3.98. The number of phenolic OH excluding ortho intramolecular Hbond substituents is 1. The number of benzene rings is 4. The summed E-state index contributed by atoms with van der Waals surface area (Å²) in [5.74, 6) is 0.317. The van der Waals surface area contributed by atoms with Gasteiger partial charge in [0.25, 0.3) is 0 Å². The monoisotopic (exact) mass is 396 g/mol. The van der Waals surface area contributed by atoms with Gasteiger partial charge in [-0.1, -0.05) is 78.9 Å². The van der Waals surface area contributed by atoms with Crippen LogP contribution >= 0.6 is 0 Å². The molecular formula is C27H28N2O. The van der Waals surface area contributed by atoms with Crippen LogP contribution in [0.25, 0.3) is 10.8 Å². The first-order chi connectivity index (χ1) is 14.6. The van der Waals surface area contributed by atoms with Crippen molar-refractivity contribution in [3.05, 3.63) is 108 Å². The first-order valence-electron chi connectivity index (χ1n) is 10.5. The molecular weight excluding hydrogens is 368 g/mol. The van der Waals surface area contributed by atoms with Gasteiger partial charge in [-0.05, 0) is 47.9 Å². The highest BCUT2D eigenvalue weighted by Crippen LogP contribution is 2.29. The molecule has 0 aromatic heterocycles. The van der Waals surface area contributed by atoms with Crippen molar-refractivity contribution in [2.45, 2.75) is 32.5 Å². The Hall–Kier alpha value is -3.30. The number of hydrogen-bond donors (Lipinski definition) is 3. The minimum absolute atomic E-state index is 0.00263. The Morgan fingerprint density at radius 2 is 1.37 bits per heavy atom. The molecule has 0 heterocycles. The van der Waals surface area contributed by atoms with E-state index < -0.39 is 0 Å².